The van der Waals surface area contributed by atoms with Crippen molar-refractivity contribution in [1.82, 2.24) is 19.9 Å². The Morgan fingerprint density at radius 1 is 0.697 bits per heavy atom. The number of halogens is 5. The van der Waals surface area contributed by atoms with Crippen LogP contribution < -0.4 is 0 Å². The first-order chi connectivity index (χ1) is 15.1. The molecule has 0 atom stereocenters. The zero-order valence-electron chi connectivity index (χ0n) is 17.0. The van der Waals surface area contributed by atoms with Crippen LogP contribution in [0.3, 0.4) is 0 Å². The minimum atomic E-state index is -1.18. The summed E-state index contributed by atoms with van der Waals surface area (Å²) in [6, 6.07) is 13.4. The first-order valence-corrected chi connectivity index (χ1v) is 9.29. The van der Waals surface area contributed by atoms with Crippen LogP contribution >= 0.6 is 0 Å². The zero-order chi connectivity index (χ0) is 23.0. The van der Waals surface area contributed by atoms with Crippen molar-refractivity contribution >= 4 is 0 Å². The number of pyridine rings is 4. The molecule has 0 aromatic carbocycles. The van der Waals surface area contributed by atoms with Crippen molar-refractivity contribution in [3.8, 4) is 22.5 Å². The van der Waals surface area contributed by atoms with Crippen molar-refractivity contribution in [2.45, 2.75) is 19.3 Å². The van der Waals surface area contributed by atoms with Gasteiger partial charge < -0.3 is 4.98 Å². The molecule has 0 N–H and O–H groups in total. The molecule has 0 saturated carbocycles. The fraction of sp³-hybridized carbons (Fsp3) is 0.130. The largest absolute Gasteiger partial charge is 2.00 e. The number of rotatable bonds is 4. The van der Waals surface area contributed by atoms with E-state index in [0.29, 0.717) is 5.69 Å². The maximum Gasteiger partial charge on any atom is 2.00 e. The van der Waals surface area contributed by atoms with Crippen LogP contribution in [0.15, 0.2) is 42.5 Å². The van der Waals surface area contributed by atoms with Crippen molar-refractivity contribution in [2.24, 2.45) is 0 Å². The summed E-state index contributed by atoms with van der Waals surface area (Å²) in [4.78, 5) is 14.9. The molecule has 0 bridgehead atoms. The summed E-state index contributed by atoms with van der Waals surface area (Å²) in [7, 11) is 0. The van der Waals surface area contributed by atoms with Gasteiger partial charge in [0.1, 0.15) is 29.6 Å². The van der Waals surface area contributed by atoms with Crippen LogP contribution in [0.5, 0.6) is 0 Å². The number of aromatic nitrogens is 4. The van der Waals surface area contributed by atoms with Crippen LogP contribution in [-0.4, -0.2) is 19.9 Å². The summed E-state index contributed by atoms with van der Waals surface area (Å²) in [5, 5.41) is 0. The Bertz CT molecular complexity index is 1330. The van der Waals surface area contributed by atoms with E-state index in [1.807, 2.05) is 0 Å². The Balaban J connectivity index is 0.00000306. The van der Waals surface area contributed by atoms with Crippen LogP contribution in [0.4, 0.5) is 22.0 Å². The standard InChI is InChI=1S/C23H13F5N4.Pt/c1-23(2,17-5-3-4-15(29-17)13-6-8-19(25)31-21(13)27)18-11-12(24)10-16(30-18)14-7-9-20(26)32-22(14)28;/h3-5,8-11H,1-2H3;/q-2;+2. The van der Waals surface area contributed by atoms with Gasteiger partial charge in [-0.05, 0) is 43.4 Å². The third-order valence-corrected chi connectivity index (χ3v) is 4.83. The van der Waals surface area contributed by atoms with Crippen LogP contribution in [0, 0.1) is 41.7 Å². The molecule has 10 heteroatoms. The first kappa shape index (κ1) is 24.6. The Morgan fingerprint density at radius 2 is 1.24 bits per heavy atom. The quantitative estimate of drug-likeness (QED) is 0.176. The summed E-state index contributed by atoms with van der Waals surface area (Å²) in [6.45, 7) is 3.38. The molecule has 0 saturated heterocycles. The zero-order valence-corrected chi connectivity index (χ0v) is 19.3. The van der Waals surface area contributed by atoms with Crippen LogP contribution in [0.25, 0.3) is 22.5 Å². The van der Waals surface area contributed by atoms with E-state index >= 15 is 0 Å². The molecule has 4 nitrogen and oxygen atoms in total. The molecular formula is C23H13F5N4Pt. The van der Waals surface area contributed by atoms with E-state index in [-0.39, 0.29) is 49.3 Å². The smallest absolute Gasteiger partial charge is 0.300 e. The van der Waals surface area contributed by atoms with Gasteiger partial charge in [0.25, 0.3) is 0 Å². The summed E-state index contributed by atoms with van der Waals surface area (Å²) in [6.07, 6.45) is 0. The second kappa shape index (κ2) is 9.43. The van der Waals surface area contributed by atoms with Crippen molar-refractivity contribution < 1.29 is 43.0 Å². The van der Waals surface area contributed by atoms with E-state index in [1.165, 1.54) is 6.07 Å². The van der Waals surface area contributed by atoms with Crippen molar-refractivity contribution in [1.29, 1.82) is 0 Å². The average molecular weight is 635 g/mol. The molecule has 33 heavy (non-hydrogen) atoms. The van der Waals surface area contributed by atoms with Gasteiger partial charge in [-0.2, -0.15) is 0 Å². The van der Waals surface area contributed by atoms with Crippen molar-refractivity contribution in [3.63, 3.8) is 0 Å². The average Bonchev–Trinajstić information content (AvgIpc) is 2.73. The van der Waals surface area contributed by atoms with Gasteiger partial charge in [0.05, 0.1) is 0 Å². The predicted octanol–water partition coefficient (Wildman–Crippen LogP) is 5.22. The molecule has 0 spiro atoms. The third kappa shape index (κ3) is 4.98. The molecule has 0 unspecified atom stereocenters. The Morgan fingerprint density at radius 3 is 1.82 bits per heavy atom. The van der Waals surface area contributed by atoms with E-state index in [1.54, 1.807) is 26.0 Å². The summed E-state index contributed by atoms with van der Waals surface area (Å²) in [5.74, 6) is -5.05. The van der Waals surface area contributed by atoms with E-state index in [2.05, 4.69) is 32.1 Å². The monoisotopic (exact) mass is 635 g/mol. The summed E-state index contributed by atoms with van der Waals surface area (Å²) < 4.78 is 68.8. The molecular weight excluding hydrogens is 622 g/mol. The molecule has 0 aliphatic rings. The van der Waals surface area contributed by atoms with Crippen molar-refractivity contribution in [2.75, 3.05) is 0 Å². The molecule has 170 valence electrons. The SMILES string of the molecule is CC(C)(c1cccc(-c2[c-]cc(F)nc2F)n1)c1cc(F)cc(-c2[c-]cc(F)nc2F)n1.[Pt+2]. The first-order valence-electron chi connectivity index (χ1n) is 9.29. The molecule has 0 amide bonds. The van der Waals surface area contributed by atoms with E-state index in [0.717, 1.165) is 24.3 Å². The van der Waals surface area contributed by atoms with Gasteiger partial charge in [0.15, 0.2) is 0 Å². The molecule has 4 aromatic rings. The maximum atomic E-state index is 14.4. The topological polar surface area (TPSA) is 51.6 Å². The van der Waals surface area contributed by atoms with Gasteiger partial charge in [-0.25, -0.2) is 22.0 Å². The maximum absolute atomic E-state index is 14.4. The second-order valence-corrected chi connectivity index (χ2v) is 7.37. The molecule has 4 heterocycles. The van der Waals surface area contributed by atoms with Gasteiger partial charge in [0.2, 0.25) is 0 Å². The number of hydrogen-bond donors (Lipinski definition) is 0. The molecule has 0 aliphatic heterocycles. The third-order valence-electron chi connectivity index (χ3n) is 4.83. The summed E-state index contributed by atoms with van der Waals surface area (Å²) >= 11 is 0. The number of hydrogen-bond acceptors (Lipinski definition) is 4. The van der Waals surface area contributed by atoms with E-state index < -0.39 is 35.0 Å². The Kier molecular flexibility index (Phi) is 7.02. The van der Waals surface area contributed by atoms with Crippen LogP contribution in [0.2, 0.25) is 0 Å². The Labute approximate surface area is 200 Å². The van der Waals surface area contributed by atoms with E-state index in [9.17, 15) is 22.0 Å². The van der Waals surface area contributed by atoms with E-state index in [4.69, 9.17) is 0 Å². The Hall–Kier alpha value is -3.06. The van der Waals surface area contributed by atoms with Gasteiger partial charge in [0, 0.05) is 16.8 Å². The van der Waals surface area contributed by atoms with Gasteiger partial charge >= 0.3 is 21.1 Å². The predicted molar refractivity (Wildman–Crippen MR) is 105 cm³/mol. The fourth-order valence-corrected chi connectivity index (χ4v) is 3.10. The second-order valence-electron chi connectivity index (χ2n) is 7.37. The molecule has 4 rings (SSSR count). The minimum absolute atomic E-state index is 0. The van der Waals surface area contributed by atoms with Crippen LogP contribution in [0.1, 0.15) is 25.2 Å². The normalized spacial score (nSPS) is 11.2. The molecule has 4 aromatic heterocycles. The minimum Gasteiger partial charge on any atom is -0.300 e. The number of nitrogens with zero attached hydrogens (tertiary/aromatic N) is 4. The fourth-order valence-electron chi connectivity index (χ4n) is 3.10. The molecule has 0 aliphatic carbocycles. The molecule has 0 radical (unpaired) electrons. The van der Waals surface area contributed by atoms with Gasteiger partial charge in [-0.1, -0.05) is 35.4 Å². The summed E-state index contributed by atoms with van der Waals surface area (Å²) in [5.41, 5.74) is -0.894. The van der Waals surface area contributed by atoms with Gasteiger partial charge in [-0.15, -0.1) is 12.1 Å². The van der Waals surface area contributed by atoms with Crippen molar-refractivity contribution in [3.05, 3.63) is 95.6 Å². The van der Waals surface area contributed by atoms with Crippen LogP contribution in [-0.2, 0) is 26.5 Å². The molecule has 0 fully saturated rings. The van der Waals surface area contributed by atoms with Gasteiger partial charge in [-0.3, -0.25) is 15.0 Å².